The van der Waals surface area contributed by atoms with E-state index >= 15 is 0 Å². The second kappa shape index (κ2) is 10.1. The Bertz CT molecular complexity index is 1480. The van der Waals surface area contributed by atoms with Gasteiger partial charge in [-0.25, -0.2) is 0 Å². The summed E-state index contributed by atoms with van der Waals surface area (Å²) in [6, 6.07) is 30.4. The maximum atomic E-state index is 12.3. The number of aromatic nitrogens is 1. The number of unbranched alkanes of at least 4 members (excludes halogenated alkanes) is 2. The molecule has 4 nitrogen and oxygen atoms in total. The third-order valence-corrected chi connectivity index (χ3v) is 6.51. The van der Waals surface area contributed by atoms with Crippen molar-refractivity contribution in [1.82, 2.24) is 4.57 Å². The Balaban J connectivity index is 1.59. The quantitative estimate of drug-likeness (QED) is 0.231. The van der Waals surface area contributed by atoms with Crippen molar-refractivity contribution in [2.45, 2.75) is 39.2 Å². The summed E-state index contributed by atoms with van der Waals surface area (Å²) >= 11 is 0. The SMILES string of the molecule is CCCCCc1ccc2c3c(C(N)=O)cccc3n(Cc3cccc(Oc4ccccc4)c3)c2c1. The number of amides is 1. The Morgan fingerprint density at radius 2 is 1.60 bits per heavy atom. The van der Waals surface area contributed by atoms with Gasteiger partial charge in [0.05, 0.1) is 5.52 Å². The smallest absolute Gasteiger partial charge is 0.249 e. The number of carbonyl (C=O) groups is 1. The zero-order chi connectivity index (χ0) is 24.2. The number of ether oxygens (including phenoxy) is 1. The van der Waals surface area contributed by atoms with Gasteiger partial charge in [0.2, 0.25) is 5.91 Å². The van der Waals surface area contributed by atoms with E-state index in [0.29, 0.717) is 12.1 Å². The Morgan fingerprint density at radius 1 is 0.800 bits per heavy atom. The normalized spacial score (nSPS) is 11.2. The molecule has 176 valence electrons. The fourth-order valence-corrected chi connectivity index (χ4v) is 4.81. The van der Waals surface area contributed by atoms with E-state index in [0.717, 1.165) is 45.3 Å². The van der Waals surface area contributed by atoms with Gasteiger partial charge in [-0.1, -0.05) is 68.3 Å². The van der Waals surface area contributed by atoms with Crippen LogP contribution in [0.4, 0.5) is 0 Å². The van der Waals surface area contributed by atoms with Gasteiger partial charge < -0.3 is 15.0 Å². The van der Waals surface area contributed by atoms with Gasteiger partial charge in [-0.05, 0) is 66.4 Å². The van der Waals surface area contributed by atoms with Gasteiger partial charge in [-0.15, -0.1) is 0 Å². The second-order valence-electron chi connectivity index (χ2n) is 9.02. The highest BCUT2D eigenvalue weighted by molar-refractivity contribution is 6.18. The molecular formula is C31H30N2O2. The molecule has 0 bridgehead atoms. The van der Waals surface area contributed by atoms with Crippen molar-refractivity contribution in [2.75, 3.05) is 0 Å². The van der Waals surface area contributed by atoms with E-state index in [9.17, 15) is 4.79 Å². The van der Waals surface area contributed by atoms with Crippen molar-refractivity contribution in [3.63, 3.8) is 0 Å². The van der Waals surface area contributed by atoms with Crippen molar-refractivity contribution in [3.05, 3.63) is 108 Å². The van der Waals surface area contributed by atoms with Crippen molar-refractivity contribution in [3.8, 4) is 11.5 Å². The minimum atomic E-state index is -0.403. The number of rotatable bonds is 9. The number of fused-ring (bicyclic) bond motifs is 3. The van der Waals surface area contributed by atoms with E-state index in [4.69, 9.17) is 10.5 Å². The van der Waals surface area contributed by atoms with Crippen LogP contribution < -0.4 is 10.5 Å². The summed E-state index contributed by atoms with van der Waals surface area (Å²) in [6.45, 7) is 2.88. The average Bonchev–Trinajstić information content (AvgIpc) is 3.18. The molecule has 0 fully saturated rings. The number of aryl methyl sites for hydroxylation is 1. The van der Waals surface area contributed by atoms with Crippen molar-refractivity contribution in [1.29, 1.82) is 0 Å². The summed E-state index contributed by atoms with van der Waals surface area (Å²) in [5.74, 6) is 1.21. The first-order valence-electron chi connectivity index (χ1n) is 12.3. The average molecular weight is 463 g/mol. The predicted octanol–water partition coefficient (Wildman–Crippen LogP) is 7.47. The van der Waals surface area contributed by atoms with E-state index in [-0.39, 0.29) is 0 Å². The zero-order valence-corrected chi connectivity index (χ0v) is 20.0. The first-order valence-corrected chi connectivity index (χ1v) is 12.3. The van der Waals surface area contributed by atoms with Crippen LogP contribution in [-0.2, 0) is 13.0 Å². The van der Waals surface area contributed by atoms with Gasteiger partial charge in [-0.2, -0.15) is 0 Å². The maximum absolute atomic E-state index is 12.3. The topological polar surface area (TPSA) is 57.2 Å². The van der Waals surface area contributed by atoms with Crippen LogP contribution in [0.2, 0.25) is 0 Å². The van der Waals surface area contributed by atoms with Gasteiger partial charge in [0.25, 0.3) is 0 Å². The molecule has 0 radical (unpaired) electrons. The standard InChI is InChI=1S/C31H30N2O2/c1-2-3-5-10-22-17-18-26-29(20-22)33(28-16-9-15-27(30(26)28)31(32)34)21-23-11-8-14-25(19-23)35-24-12-6-4-7-13-24/h4,6-9,11-20H,2-3,5,10,21H2,1H3,(H2,32,34). The van der Waals surface area contributed by atoms with Crippen molar-refractivity contribution < 1.29 is 9.53 Å². The van der Waals surface area contributed by atoms with Crippen LogP contribution in [0.5, 0.6) is 11.5 Å². The molecule has 0 spiro atoms. The Kier molecular flexibility index (Phi) is 6.53. The van der Waals surface area contributed by atoms with Crippen LogP contribution in [0, 0.1) is 0 Å². The molecule has 1 heterocycles. The monoisotopic (exact) mass is 462 g/mol. The molecule has 0 saturated carbocycles. The lowest BCUT2D eigenvalue weighted by atomic mass is 10.0. The fraction of sp³-hybridized carbons (Fsp3) is 0.194. The zero-order valence-electron chi connectivity index (χ0n) is 20.0. The number of primary amides is 1. The molecule has 0 aliphatic rings. The molecule has 5 rings (SSSR count). The summed E-state index contributed by atoms with van der Waals surface area (Å²) in [7, 11) is 0. The highest BCUT2D eigenvalue weighted by atomic mass is 16.5. The summed E-state index contributed by atoms with van der Waals surface area (Å²) in [5.41, 5.74) is 10.9. The molecule has 1 amide bonds. The molecule has 0 atom stereocenters. The summed E-state index contributed by atoms with van der Waals surface area (Å²) in [4.78, 5) is 12.3. The Hall–Kier alpha value is -4.05. The van der Waals surface area contributed by atoms with Crippen LogP contribution in [0.15, 0.2) is 91.0 Å². The number of para-hydroxylation sites is 1. The molecule has 0 unspecified atom stereocenters. The van der Waals surface area contributed by atoms with Crippen LogP contribution >= 0.6 is 0 Å². The van der Waals surface area contributed by atoms with Crippen LogP contribution in [0.1, 0.15) is 47.7 Å². The minimum absolute atomic E-state index is 0.403. The van der Waals surface area contributed by atoms with E-state index < -0.39 is 5.91 Å². The number of hydrogen-bond acceptors (Lipinski definition) is 2. The predicted molar refractivity (Wildman–Crippen MR) is 143 cm³/mol. The number of hydrogen-bond donors (Lipinski definition) is 1. The third-order valence-electron chi connectivity index (χ3n) is 6.51. The molecule has 35 heavy (non-hydrogen) atoms. The fourth-order valence-electron chi connectivity index (χ4n) is 4.81. The Labute approximate surface area is 205 Å². The molecule has 5 aromatic rings. The molecule has 2 N–H and O–H groups in total. The van der Waals surface area contributed by atoms with Crippen LogP contribution in [-0.4, -0.2) is 10.5 Å². The molecular weight excluding hydrogens is 432 g/mol. The van der Waals surface area contributed by atoms with E-state index in [2.05, 4.69) is 47.9 Å². The number of nitrogens with two attached hydrogens (primary N) is 1. The third kappa shape index (κ3) is 4.78. The number of carbonyl (C=O) groups excluding carboxylic acids is 1. The number of nitrogens with zero attached hydrogens (tertiary/aromatic N) is 1. The van der Waals surface area contributed by atoms with Gasteiger partial charge in [0, 0.05) is 28.4 Å². The molecule has 4 heteroatoms. The van der Waals surface area contributed by atoms with E-state index in [1.165, 1.54) is 24.8 Å². The van der Waals surface area contributed by atoms with Gasteiger partial charge in [0.1, 0.15) is 11.5 Å². The summed E-state index contributed by atoms with van der Waals surface area (Å²) in [5, 5.41) is 1.98. The highest BCUT2D eigenvalue weighted by Gasteiger charge is 2.17. The van der Waals surface area contributed by atoms with Crippen molar-refractivity contribution >= 4 is 27.7 Å². The number of benzene rings is 4. The largest absolute Gasteiger partial charge is 0.457 e. The van der Waals surface area contributed by atoms with Crippen LogP contribution in [0.25, 0.3) is 21.8 Å². The molecule has 4 aromatic carbocycles. The van der Waals surface area contributed by atoms with Crippen molar-refractivity contribution in [2.24, 2.45) is 5.73 Å². The maximum Gasteiger partial charge on any atom is 0.249 e. The van der Waals surface area contributed by atoms with E-state index in [1.54, 1.807) is 0 Å². The van der Waals surface area contributed by atoms with Gasteiger partial charge in [-0.3, -0.25) is 4.79 Å². The Morgan fingerprint density at radius 3 is 2.40 bits per heavy atom. The first kappa shape index (κ1) is 22.7. The van der Waals surface area contributed by atoms with E-state index in [1.807, 2.05) is 54.6 Å². The lowest BCUT2D eigenvalue weighted by Crippen LogP contribution is -2.11. The molecule has 0 aliphatic heterocycles. The van der Waals surface area contributed by atoms with Gasteiger partial charge in [0.15, 0.2) is 0 Å². The minimum Gasteiger partial charge on any atom is -0.457 e. The summed E-state index contributed by atoms with van der Waals surface area (Å²) in [6.07, 6.45) is 4.65. The molecule has 0 aliphatic carbocycles. The summed E-state index contributed by atoms with van der Waals surface area (Å²) < 4.78 is 8.36. The first-order chi connectivity index (χ1) is 17.1. The highest BCUT2D eigenvalue weighted by Crippen LogP contribution is 2.34. The van der Waals surface area contributed by atoms with Gasteiger partial charge >= 0.3 is 0 Å². The second-order valence-corrected chi connectivity index (χ2v) is 9.02. The molecule has 1 aromatic heterocycles. The van der Waals surface area contributed by atoms with Crippen LogP contribution in [0.3, 0.4) is 0 Å². The lowest BCUT2D eigenvalue weighted by Gasteiger charge is -2.11. The molecule has 0 saturated heterocycles. The lowest BCUT2D eigenvalue weighted by molar-refractivity contribution is 0.100.